The van der Waals surface area contributed by atoms with Gasteiger partial charge in [-0.15, -0.1) is 11.6 Å². The van der Waals surface area contributed by atoms with Gasteiger partial charge in [-0.3, -0.25) is 9.59 Å². The van der Waals surface area contributed by atoms with E-state index in [1.807, 2.05) is 0 Å². The van der Waals surface area contributed by atoms with Gasteiger partial charge >= 0.3 is 5.97 Å². The van der Waals surface area contributed by atoms with Crippen molar-refractivity contribution in [1.82, 2.24) is 0 Å². The molecule has 0 saturated heterocycles. The second kappa shape index (κ2) is 5.36. The van der Waals surface area contributed by atoms with E-state index >= 15 is 0 Å². The smallest absolute Gasteiger partial charge is 0.308 e. The fraction of sp³-hybridized carbons (Fsp3) is 0.200. The van der Waals surface area contributed by atoms with Crippen LogP contribution in [-0.4, -0.2) is 17.8 Å². The zero-order valence-electron chi connectivity index (χ0n) is 8.12. The first-order valence-corrected chi connectivity index (χ1v) is 4.80. The van der Waals surface area contributed by atoms with Crippen molar-refractivity contribution in [2.24, 2.45) is 0 Å². The molecule has 4 nitrogen and oxygen atoms in total. The van der Waals surface area contributed by atoms with Crippen molar-refractivity contribution in [3.05, 3.63) is 24.3 Å². The van der Waals surface area contributed by atoms with Crippen LogP contribution in [0.4, 0.5) is 5.69 Å². The van der Waals surface area contributed by atoms with Crippen LogP contribution in [0.3, 0.4) is 0 Å². The van der Waals surface area contributed by atoms with Gasteiger partial charge in [0, 0.05) is 6.92 Å². The summed E-state index contributed by atoms with van der Waals surface area (Å²) in [5.41, 5.74) is 0.429. The van der Waals surface area contributed by atoms with Gasteiger partial charge in [0.1, 0.15) is 5.88 Å². The Kier molecular flexibility index (Phi) is 4.12. The van der Waals surface area contributed by atoms with Crippen LogP contribution in [0.1, 0.15) is 6.92 Å². The first-order chi connectivity index (χ1) is 7.13. The number of hydrogen-bond donors (Lipinski definition) is 1. The number of para-hydroxylation sites is 2. The number of carbonyl (C=O) groups excluding carboxylic acids is 2. The lowest BCUT2D eigenvalue weighted by molar-refractivity contribution is -0.131. The Bertz CT molecular complexity index is 379. The van der Waals surface area contributed by atoms with Crippen LogP contribution in [0, 0.1) is 0 Å². The molecule has 0 fully saturated rings. The first kappa shape index (κ1) is 11.5. The number of amides is 1. The molecule has 0 atom stereocenters. The van der Waals surface area contributed by atoms with Crippen molar-refractivity contribution in [2.45, 2.75) is 6.92 Å². The van der Waals surface area contributed by atoms with Crippen molar-refractivity contribution >= 4 is 29.2 Å². The minimum Gasteiger partial charge on any atom is -0.424 e. The molecule has 0 aliphatic carbocycles. The molecule has 0 radical (unpaired) electrons. The average Bonchev–Trinajstić information content (AvgIpc) is 2.20. The molecule has 15 heavy (non-hydrogen) atoms. The van der Waals surface area contributed by atoms with E-state index in [4.69, 9.17) is 16.3 Å². The Morgan fingerprint density at radius 2 is 2.07 bits per heavy atom. The summed E-state index contributed by atoms with van der Waals surface area (Å²) in [4.78, 5) is 21.8. The third-order valence-corrected chi connectivity index (χ3v) is 1.78. The second-order valence-corrected chi connectivity index (χ2v) is 3.04. The third kappa shape index (κ3) is 3.59. The van der Waals surface area contributed by atoms with Gasteiger partial charge in [-0.05, 0) is 12.1 Å². The average molecular weight is 228 g/mol. The van der Waals surface area contributed by atoms with Gasteiger partial charge in [0.25, 0.3) is 0 Å². The molecule has 0 aliphatic heterocycles. The zero-order valence-corrected chi connectivity index (χ0v) is 8.88. The Morgan fingerprint density at radius 1 is 1.40 bits per heavy atom. The molecular weight excluding hydrogens is 218 g/mol. The summed E-state index contributed by atoms with van der Waals surface area (Å²) < 4.78 is 4.89. The highest BCUT2D eigenvalue weighted by molar-refractivity contribution is 6.29. The molecule has 0 unspecified atom stereocenters. The van der Waals surface area contributed by atoms with Crippen LogP contribution in [0.25, 0.3) is 0 Å². The van der Waals surface area contributed by atoms with Crippen LogP contribution in [0.15, 0.2) is 24.3 Å². The maximum absolute atomic E-state index is 11.0. The van der Waals surface area contributed by atoms with Crippen LogP contribution < -0.4 is 10.1 Å². The summed E-state index contributed by atoms with van der Waals surface area (Å²) in [5.74, 6) is -0.628. The quantitative estimate of drug-likeness (QED) is 0.487. The zero-order chi connectivity index (χ0) is 11.3. The van der Waals surface area contributed by atoms with Crippen molar-refractivity contribution in [2.75, 3.05) is 11.2 Å². The largest absolute Gasteiger partial charge is 0.424 e. The number of anilines is 1. The Labute approximate surface area is 92.2 Å². The molecule has 0 aliphatic rings. The minimum atomic E-state index is -0.442. The number of hydrogen-bond acceptors (Lipinski definition) is 3. The predicted molar refractivity (Wildman–Crippen MR) is 57.1 cm³/mol. The summed E-state index contributed by atoms with van der Waals surface area (Å²) in [5, 5.41) is 2.52. The molecule has 0 saturated carbocycles. The lowest BCUT2D eigenvalue weighted by atomic mass is 10.3. The SMILES string of the molecule is CC(=O)Oc1ccccc1NC(=O)CCl. The topological polar surface area (TPSA) is 55.4 Å². The molecule has 1 amide bonds. The fourth-order valence-corrected chi connectivity index (χ4v) is 1.06. The third-order valence-electron chi connectivity index (χ3n) is 1.54. The Morgan fingerprint density at radius 3 is 2.67 bits per heavy atom. The van der Waals surface area contributed by atoms with E-state index < -0.39 is 5.97 Å². The number of alkyl halides is 1. The lowest BCUT2D eigenvalue weighted by Gasteiger charge is -2.08. The standard InChI is InChI=1S/C10H10ClNO3/c1-7(13)15-9-5-3-2-4-8(9)12-10(14)6-11/h2-5H,6H2,1H3,(H,12,14). The van der Waals surface area contributed by atoms with Crippen molar-refractivity contribution < 1.29 is 14.3 Å². The van der Waals surface area contributed by atoms with Crippen LogP contribution in [-0.2, 0) is 9.59 Å². The Balaban J connectivity index is 2.85. The van der Waals surface area contributed by atoms with Crippen molar-refractivity contribution in [1.29, 1.82) is 0 Å². The van der Waals surface area contributed by atoms with E-state index in [1.165, 1.54) is 6.92 Å². The molecule has 1 rings (SSSR count). The molecular formula is C10H10ClNO3. The molecule has 1 aromatic carbocycles. The maximum Gasteiger partial charge on any atom is 0.308 e. The monoisotopic (exact) mass is 227 g/mol. The van der Waals surface area contributed by atoms with E-state index in [-0.39, 0.29) is 11.8 Å². The fourth-order valence-electron chi connectivity index (χ4n) is 0.997. The number of carbonyl (C=O) groups is 2. The summed E-state index contributed by atoms with van der Waals surface area (Å²) in [6.45, 7) is 1.29. The van der Waals surface area contributed by atoms with Gasteiger partial charge in [-0.25, -0.2) is 0 Å². The number of halogens is 1. The summed E-state index contributed by atoms with van der Waals surface area (Å²) in [6.07, 6.45) is 0. The molecule has 1 N–H and O–H groups in total. The number of nitrogens with one attached hydrogen (secondary N) is 1. The van der Waals surface area contributed by atoms with E-state index in [0.717, 1.165) is 0 Å². The molecule has 0 bridgehead atoms. The minimum absolute atomic E-state index is 0.144. The lowest BCUT2D eigenvalue weighted by Crippen LogP contribution is -2.14. The highest BCUT2D eigenvalue weighted by Crippen LogP contribution is 2.23. The van der Waals surface area contributed by atoms with Crippen LogP contribution in [0.2, 0.25) is 0 Å². The number of esters is 1. The molecule has 1 aromatic rings. The molecule has 0 heterocycles. The number of benzene rings is 1. The van der Waals surface area contributed by atoms with E-state index in [2.05, 4.69) is 5.32 Å². The first-order valence-electron chi connectivity index (χ1n) is 4.26. The normalized spacial score (nSPS) is 9.47. The highest BCUT2D eigenvalue weighted by Gasteiger charge is 2.07. The van der Waals surface area contributed by atoms with Crippen molar-refractivity contribution in [3.63, 3.8) is 0 Å². The highest BCUT2D eigenvalue weighted by atomic mass is 35.5. The number of ether oxygens (including phenoxy) is 1. The van der Waals surface area contributed by atoms with Crippen LogP contribution in [0.5, 0.6) is 5.75 Å². The van der Waals surface area contributed by atoms with Gasteiger partial charge in [-0.1, -0.05) is 12.1 Å². The Hall–Kier alpha value is -1.55. The van der Waals surface area contributed by atoms with Crippen LogP contribution >= 0.6 is 11.6 Å². The van der Waals surface area contributed by atoms with E-state index in [1.54, 1.807) is 24.3 Å². The van der Waals surface area contributed by atoms with E-state index in [0.29, 0.717) is 11.4 Å². The summed E-state index contributed by atoms with van der Waals surface area (Å²) in [7, 11) is 0. The summed E-state index contributed by atoms with van der Waals surface area (Å²) >= 11 is 5.34. The van der Waals surface area contributed by atoms with Gasteiger partial charge < -0.3 is 10.1 Å². The maximum atomic E-state index is 11.0. The summed E-state index contributed by atoms with van der Waals surface area (Å²) in [6, 6.07) is 6.64. The second-order valence-electron chi connectivity index (χ2n) is 2.77. The van der Waals surface area contributed by atoms with E-state index in [9.17, 15) is 9.59 Å². The molecule has 5 heteroatoms. The molecule has 80 valence electrons. The van der Waals surface area contributed by atoms with Gasteiger partial charge in [0.05, 0.1) is 5.69 Å². The molecule has 0 spiro atoms. The van der Waals surface area contributed by atoms with Gasteiger partial charge in [0.2, 0.25) is 5.91 Å². The number of rotatable bonds is 3. The van der Waals surface area contributed by atoms with Gasteiger partial charge in [0.15, 0.2) is 5.75 Å². The van der Waals surface area contributed by atoms with Gasteiger partial charge in [-0.2, -0.15) is 0 Å². The van der Waals surface area contributed by atoms with Crippen molar-refractivity contribution in [3.8, 4) is 5.75 Å². The molecule has 0 aromatic heterocycles. The predicted octanol–water partition coefficient (Wildman–Crippen LogP) is 1.79.